The lowest BCUT2D eigenvalue weighted by Crippen LogP contribution is -2.34. The second-order valence-electron chi connectivity index (χ2n) is 6.26. The number of aromatic nitrogens is 1. The Morgan fingerprint density at radius 1 is 1.23 bits per heavy atom. The highest BCUT2D eigenvalue weighted by atomic mass is 16.5. The average Bonchev–Trinajstić information content (AvgIpc) is 2.68. The Bertz CT molecular complexity index is 1010. The first-order valence-corrected chi connectivity index (χ1v) is 8.13. The third-order valence-electron chi connectivity index (χ3n) is 4.65. The van der Waals surface area contributed by atoms with Crippen LogP contribution in [0.25, 0.3) is 10.9 Å². The summed E-state index contributed by atoms with van der Waals surface area (Å²) in [6, 6.07) is 18.6. The molecule has 0 radical (unpaired) electrons. The van der Waals surface area contributed by atoms with E-state index in [1.54, 1.807) is 24.4 Å². The summed E-state index contributed by atoms with van der Waals surface area (Å²) in [4.78, 5) is 16.5. The highest BCUT2D eigenvalue weighted by molar-refractivity contribution is 5.82. The SMILES string of the molecule is COc1ccccc1C(c1cnc2ccccc2c1)C(C)(C#N)C(=O)O. The van der Waals surface area contributed by atoms with E-state index in [2.05, 4.69) is 4.98 Å². The van der Waals surface area contributed by atoms with Crippen LogP contribution in [0.5, 0.6) is 5.75 Å². The normalized spacial score (nSPS) is 14.2. The molecular weight excluding hydrogens is 328 g/mol. The van der Waals surface area contributed by atoms with Crippen LogP contribution in [0.15, 0.2) is 60.8 Å². The molecular formula is C21H18N2O3. The molecule has 2 atom stereocenters. The van der Waals surface area contributed by atoms with E-state index < -0.39 is 17.3 Å². The first-order valence-electron chi connectivity index (χ1n) is 8.13. The summed E-state index contributed by atoms with van der Waals surface area (Å²) in [6.45, 7) is 1.43. The van der Waals surface area contributed by atoms with Crippen molar-refractivity contribution in [1.82, 2.24) is 4.98 Å². The lowest BCUT2D eigenvalue weighted by molar-refractivity contribution is -0.145. The van der Waals surface area contributed by atoms with Gasteiger partial charge in [0.15, 0.2) is 5.41 Å². The van der Waals surface area contributed by atoms with E-state index >= 15 is 0 Å². The van der Waals surface area contributed by atoms with Gasteiger partial charge in [-0.3, -0.25) is 9.78 Å². The summed E-state index contributed by atoms with van der Waals surface area (Å²) in [7, 11) is 1.53. The number of carboxylic acids is 1. The molecule has 1 N–H and O–H groups in total. The van der Waals surface area contributed by atoms with Crippen molar-refractivity contribution in [3.05, 3.63) is 71.9 Å². The molecule has 130 valence electrons. The maximum absolute atomic E-state index is 12.0. The summed E-state index contributed by atoms with van der Waals surface area (Å²) >= 11 is 0. The predicted octanol–water partition coefficient (Wildman–Crippen LogP) is 3.99. The largest absolute Gasteiger partial charge is 0.496 e. The van der Waals surface area contributed by atoms with E-state index in [9.17, 15) is 15.2 Å². The van der Waals surface area contributed by atoms with Crippen molar-refractivity contribution < 1.29 is 14.6 Å². The lowest BCUT2D eigenvalue weighted by Gasteiger charge is -2.29. The highest BCUT2D eigenvalue weighted by Crippen LogP contribution is 2.44. The van der Waals surface area contributed by atoms with Crippen molar-refractivity contribution in [2.45, 2.75) is 12.8 Å². The molecule has 26 heavy (non-hydrogen) atoms. The van der Waals surface area contributed by atoms with Crippen molar-refractivity contribution in [1.29, 1.82) is 5.26 Å². The Morgan fingerprint density at radius 3 is 2.62 bits per heavy atom. The Balaban J connectivity index is 2.29. The van der Waals surface area contributed by atoms with Crippen molar-refractivity contribution in [2.75, 3.05) is 7.11 Å². The lowest BCUT2D eigenvalue weighted by atomic mass is 9.71. The number of para-hydroxylation sites is 2. The van der Waals surface area contributed by atoms with E-state index in [1.165, 1.54) is 14.0 Å². The van der Waals surface area contributed by atoms with Crippen LogP contribution < -0.4 is 4.74 Å². The molecule has 0 fully saturated rings. The summed E-state index contributed by atoms with van der Waals surface area (Å²) < 4.78 is 5.43. The van der Waals surface area contributed by atoms with Crippen LogP contribution in [0.4, 0.5) is 0 Å². The molecule has 0 amide bonds. The van der Waals surface area contributed by atoms with E-state index in [-0.39, 0.29) is 0 Å². The van der Waals surface area contributed by atoms with Gasteiger partial charge in [0.2, 0.25) is 0 Å². The first-order chi connectivity index (χ1) is 12.5. The molecule has 0 aliphatic rings. The molecule has 0 saturated heterocycles. The maximum Gasteiger partial charge on any atom is 0.324 e. The van der Waals surface area contributed by atoms with Gasteiger partial charge in [0, 0.05) is 23.1 Å². The zero-order valence-electron chi connectivity index (χ0n) is 14.5. The van der Waals surface area contributed by atoms with Gasteiger partial charge in [-0.15, -0.1) is 0 Å². The smallest absolute Gasteiger partial charge is 0.324 e. The predicted molar refractivity (Wildman–Crippen MR) is 97.9 cm³/mol. The highest BCUT2D eigenvalue weighted by Gasteiger charge is 2.45. The Hall–Kier alpha value is -3.39. The Morgan fingerprint density at radius 2 is 1.92 bits per heavy atom. The number of carbonyl (C=O) groups is 1. The van der Waals surface area contributed by atoms with Gasteiger partial charge >= 0.3 is 5.97 Å². The fourth-order valence-corrected chi connectivity index (χ4v) is 3.21. The van der Waals surface area contributed by atoms with E-state index in [4.69, 9.17) is 4.74 Å². The number of hydrogen-bond acceptors (Lipinski definition) is 4. The molecule has 1 aromatic heterocycles. The number of ether oxygens (including phenoxy) is 1. The number of methoxy groups -OCH3 is 1. The number of pyridine rings is 1. The van der Waals surface area contributed by atoms with Crippen molar-refractivity contribution in [3.63, 3.8) is 0 Å². The zero-order valence-corrected chi connectivity index (χ0v) is 14.5. The summed E-state index contributed by atoms with van der Waals surface area (Å²) in [5.41, 5.74) is 0.417. The minimum atomic E-state index is -1.68. The topological polar surface area (TPSA) is 83.2 Å². The molecule has 0 bridgehead atoms. The average molecular weight is 346 g/mol. The molecule has 0 aliphatic heterocycles. The van der Waals surface area contributed by atoms with Gasteiger partial charge in [0.05, 0.1) is 18.7 Å². The van der Waals surface area contributed by atoms with E-state index in [1.807, 2.05) is 42.5 Å². The Labute approximate surface area is 151 Å². The number of carboxylic acid groups (broad SMARTS) is 1. The minimum Gasteiger partial charge on any atom is -0.496 e. The number of benzene rings is 2. The zero-order chi connectivity index (χ0) is 18.7. The first kappa shape index (κ1) is 17.4. The monoisotopic (exact) mass is 346 g/mol. The number of nitrogens with zero attached hydrogens (tertiary/aromatic N) is 2. The maximum atomic E-state index is 12.0. The van der Waals surface area contributed by atoms with Crippen LogP contribution in [-0.4, -0.2) is 23.2 Å². The van der Waals surface area contributed by atoms with Gasteiger partial charge in [-0.05, 0) is 30.7 Å². The molecule has 1 heterocycles. The summed E-state index contributed by atoms with van der Waals surface area (Å²) in [5, 5.41) is 20.4. The van der Waals surface area contributed by atoms with Crippen LogP contribution >= 0.6 is 0 Å². The summed E-state index contributed by atoms with van der Waals surface area (Å²) in [6.07, 6.45) is 1.64. The van der Waals surface area contributed by atoms with Crippen molar-refractivity contribution in [2.24, 2.45) is 5.41 Å². The molecule has 0 spiro atoms. The fraction of sp³-hybridized carbons (Fsp3) is 0.190. The molecule has 0 aliphatic carbocycles. The van der Waals surface area contributed by atoms with Gasteiger partial charge in [0.1, 0.15) is 5.75 Å². The molecule has 5 nitrogen and oxygen atoms in total. The molecule has 2 unspecified atom stereocenters. The minimum absolute atomic E-state index is 0.536. The van der Waals surface area contributed by atoms with Gasteiger partial charge in [0.25, 0.3) is 0 Å². The van der Waals surface area contributed by atoms with Crippen LogP contribution in [-0.2, 0) is 4.79 Å². The number of aliphatic carboxylic acids is 1. The number of fused-ring (bicyclic) bond motifs is 1. The molecule has 3 aromatic rings. The second kappa shape index (κ2) is 6.85. The van der Waals surface area contributed by atoms with Crippen molar-refractivity contribution >= 4 is 16.9 Å². The molecule has 2 aromatic carbocycles. The van der Waals surface area contributed by atoms with Gasteiger partial charge in [-0.25, -0.2) is 0 Å². The van der Waals surface area contributed by atoms with E-state index in [0.29, 0.717) is 16.9 Å². The fourth-order valence-electron chi connectivity index (χ4n) is 3.21. The Kier molecular flexibility index (Phi) is 4.59. The van der Waals surface area contributed by atoms with Crippen LogP contribution in [0.2, 0.25) is 0 Å². The number of rotatable bonds is 5. The third-order valence-corrected chi connectivity index (χ3v) is 4.65. The van der Waals surface area contributed by atoms with Gasteiger partial charge < -0.3 is 9.84 Å². The van der Waals surface area contributed by atoms with Crippen LogP contribution in [0.1, 0.15) is 24.0 Å². The second-order valence-corrected chi connectivity index (χ2v) is 6.26. The number of nitriles is 1. The van der Waals surface area contributed by atoms with Gasteiger partial charge in [-0.2, -0.15) is 5.26 Å². The van der Waals surface area contributed by atoms with Gasteiger partial charge in [-0.1, -0.05) is 36.4 Å². The molecule has 3 rings (SSSR count). The van der Waals surface area contributed by atoms with E-state index in [0.717, 1.165) is 10.9 Å². The van der Waals surface area contributed by atoms with Crippen LogP contribution in [0, 0.1) is 16.7 Å². The number of hydrogen-bond donors (Lipinski definition) is 1. The molecule has 0 saturated carbocycles. The third kappa shape index (κ3) is 2.86. The molecule has 5 heteroatoms. The van der Waals surface area contributed by atoms with Crippen molar-refractivity contribution in [3.8, 4) is 11.8 Å². The summed E-state index contributed by atoms with van der Waals surface area (Å²) in [5.74, 6) is -1.39. The van der Waals surface area contributed by atoms with Crippen LogP contribution in [0.3, 0.4) is 0 Å². The quantitative estimate of drug-likeness (QED) is 0.755. The standard InChI is InChI=1S/C21H18N2O3/c1-21(13-22,20(24)25)19(16-8-4-6-10-18(16)26-2)15-11-14-7-3-5-9-17(14)23-12-15/h3-12,19H,1-2H3,(H,24,25).